The van der Waals surface area contributed by atoms with Crippen molar-refractivity contribution in [3.05, 3.63) is 6.54 Å². The van der Waals surface area contributed by atoms with Crippen LogP contribution >= 0.6 is 0 Å². The highest BCUT2D eigenvalue weighted by molar-refractivity contribution is 5.79. The van der Waals surface area contributed by atoms with Gasteiger partial charge in [-0.1, -0.05) is 0 Å². The van der Waals surface area contributed by atoms with E-state index in [9.17, 15) is 0 Å². The Morgan fingerprint density at radius 2 is 1.80 bits per heavy atom. The SMILES string of the molecule is C[CH]N(C)/C(=N/C)N(C)C. The molecule has 0 rings (SSSR count). The van der Waals surface area contributed by atoms with Gasteiger partial charge in [-0.2, -0.15) is 0 Å². The van der Waals surface area contributed by atoms with Gasteiger partial charge in [-0.15, -0.1) is 0 Å². The standard InChI is InChI=1S/C7H16N3/c1-6-10(5)7(8-2)9(3)4/h6H,1-5H3/b8-7+. The third-order valence-electron chi connectivity index (χ3n) is 1.30. The van der Waals surface area contributed by atoms with Gasteiger partial charge < -0.3 is 9.80 Å². The molecule has 10 heavy (non-hydrogen) atoms. The second-order valence-electron chi connectivity index (χ2n) is 2.29. The van der Waals surface area contributed by atoms with Crippen molar-refractivity contribution in [3.8, 4) is 0 Å². The lowest BCUT2D eigenvalue weighted by Gasteiger charge is -2.24. The second-order valence-corrected chi connectivity index (χ2v) is 2.29. The van der Waals surface area contributed by atoms with Gasteiger partial charge in [-0.3, -0.25) is 4.99 Å². The van der Waals surface area contributed by atoms with Gasteiger partial charge in [0.1, 0.15) is 0 Å². The van der Waals surface area contributed by atoms with Crippen LogP contribution in [0.25, 0.3) is 0 Å². The first-order valence-electron chi connectivity index (χ1n) is 3.30. The minimum absolute atomic E-state index is 0.961. The number of rotatable bonds is 1. The molecule has 3 nitrogen and oxygen atoms in total. The molecule has 0 N–H and O–H groups in total. The molecule has 0 aromatic heterocycles. The summed E-state index contributed by atoms with van der Waals surface area (Å²) in [6, 6.07) is 0. The molecule has 0 amide bonds. The van der Waals surface area contributed by atoms with Crippen molar-refractivity contribution in [3.63, 3.8) is 0 Å². The van der Waals surface area contributed by atoms with Crippen LogP contribution in [-0.2, 0) is 0 Å². The van der Waals surface area contributed by atoms with Crippen molar-refractivity contribution in [1.82, 2.24) is 9.80 Å². The van der Waals surface area contributed by atoms with Crippen LogP contribution < -0.4 is 0 Å². The second kappa shape index (κ2) is 4.14. The molecule has 0 spiro atoms. The summed E-state index contributed by atoms with van der Waals surface area (Å²) in [7, 11) is 7.71. The molecule has 0 atom stereocenters. The average molecular weight is 142 g/mol. The van der Waals surface area contributed by atoms with Crippen LogP contribution in [0.1, 0.15) is 6.92 Å². The Labute approximate surface area is 63.3 Å². The van der Waals surface area contributed by atoms with Gasteiger partial charge in [0.2, 0.25) is 0 Å². The van der Waals surface area contributed by atoms with Crippen molar-refractivity contribution in [2.24, 2.45) is 4.99 Å². The molecular weight excluding hydrogens is 126 g/mol. The van der Waals surface area contributed by atoms with E-state index < -0.39 is 0 Å². The maximum atomic E-state index is 4.10. The largest absolute Gasteiger partial charge is 0.349 e. The van der Waals surface area contributed by atoms with Gasteiger partial charge in [0, 0.05) is 34.7 Å². The zero-order valence-electron chi connectivity index (χ0n) is 7.42. The molecule has 3 heteroatoms. The van der Waals surface area contributed by atoms with Crippen LogP contribution in [0.5, 0.6) is 0 Å². The molecule has 0 aliphatic heterocycles. The zero-order valence-corrected chi connectivity index (χ0v) is 7.42. The van der Waals surface area contributed by atoms with E-state index >= 15 is 0 Å². The molecule has 0 heterocycles. The van der Waals surface area contributed by atoms with Gasteiger partial charge in [-0.05, 0) is 6.92 Å². The van der Waals surface area contributed by atoms with Crippen LogP contribution in [0.4, 0.5) is 0 Å². The molecule has 0 saturated heterocycles. The van der Waals surface area contributed by atoms with Gasteiger partial charge in [0.25, 0.3) is 0 Å². The highest BCUT2D eigenvalue weighted by atomic mass is 15.3. The maximum Gasteiger partial charge on any atom is 0.195 e. The smallest absolute Gasteiger partial charge is 0.195 e. The van der Waals surface area contributed by atoms with Crippen LogP contribution in [0.2, 0.25) is 0 Å². The van der Waals surface area contributed by atoms with Gasteiger partial charge >= 0.3 is 0 Å². The molecule has 0 bridgehead atoms. The van der Waals surface area contributed by atoms with E-state index in [2.05, 4.69) is 4.99 Å². The number of nitrogens with zero attached hydrogens (tertiary/aromatic N) is 3. The zero-order chi connectivity index (χ0) is 8.15. The van der Waals surface area contributed by atoms with Crippen molar-refractivity contribution in [1.29, 1.82) is 0 Å². The summed E-state index contributed by atoms with van der Waals surface area (Å²) >= 11 is 0. The van der Waals surface area contributed by atoms with Crippen molar-refractivity contribution < 1.29 is 0 Å². The van der Waals surface area contributed by atoms with Crippen LogP contribution in [-0.4, -0.2) is 44.0 Å². The maximum absolute atomic E-state index is 4.10. The first-order chi connectivity index (χ1) is 4.63. The minimum Gasteiger partial charge on any atom is -0.349 e. The fourth-order valence-corrected chi connectivity index (χ4v) is 0.789. The van der Waals surface area contributed by atoms with E-state index in [1.54, 1.807) is 7.05 Å². The lowest BCUT2D eigenvalue weighted by Crippen LogP contribution is -2.35. The summed E-state index contributed by atoms with van der Waals surface area (Å²) in [6.07, 6.45) is 0. The Balaban J connectivity index is 4.08. The van der Waals surface area contributed by atoms with Crippen molar-refractivity contribution in [2.75, 3.05) is 28.2 Å². The first-order valence-corrected chi connectivity index (χ1v) is 3.30. The molecule has 1 radical (unpaired) electrons. The predicted molar refractivity (Wildman–Crippen MR) is 44.8 cm³/mol. The monoisotopic (exact) mass is 142 g/mol. The molecule has 0 aromatic rings. The fraction of sp³-hybridized carbons (Fsp3) is 0.714. The number of hydrogen-bond acceptors (Lipinski definition) is 1. The lowest BCUT2D eigenvalue weighted by molar-refractivity contribution is 0.482. The van der Waals surface area contributed by atoms with E-state index in [0.29, 0.717) is 0 Å². The Morgan fingerprint density at radius 1 is 1.30 bits per heavy atom. The molecule has 0 aliphatic carbocycles. The lowest BCUT2D eigenvalue weighted by atomic mass is 10.6. The third kappa shape index (κ3) is 2.25. The summed E-state index contributed by atoms with van der Waals surface area (Å²) < 4.78 is 0. The Kier molecular flexibility index (Phi) is 3.84. The first kappa shape index (κ1) is 9.27. The molecule has 0 aliphatic rings. The Hall–Kier alpha value is -0.730. The van der Waals surface area contributed by atoms with Gasteiger partial charge in [0.05, 0.1) is 0 Å². The van der Waals surface area contributed by atoms with E-state index in [-0.39, 0.29) is 0 Å². The average Bonchev–Trinajstić information content (AvgIpc) is 1.88. The normalized spacial score (nSPS) is 11.5. The molecule has 0 unspecified atom stereocenters. The topological polar surface area (TPSA) is 18.8 Å². The number of hydrogen-bond donors (Lipinski definition) is 0. The number of aliphatic imine (C=N–C) groups is 1. The highest BCUT2D eigenvalue weighted by Gasteiger charge is 2.03. The van der Waals surface area contributed by atoms with Crippen molar-refractivity contribution >= 4 is 5.96 Å². The quantitative estimate of drug-likeness (QED) is 0.395. The van der Waals surface area contributed by atoms with Crippen LogP contribution in [0, 0.1) is 6.54 Å². The highest BCUT2D eigenvalue weighted by Crippen LogP contribution is 1.92. The summed E-state index contributed by atoms with van der Waals surface area (Å²) in [6.45, 7) is 3.96. The van der Waals surface area contributed by atoms with Crippen LogP contribution in [0.3, 0.4) is 0 Å². The van der Waals surface area contributed by atoms with E-state index in [1.165, 1.54) is 0 Å². The van der Waals surface area contributed by atoms with Gasteiger partial charge in [-0.25, -0.2) is 0 Å². The summed E-state index contributed by atoms with van der Waals surface area (Å²) in [5, 5.41) is 0. The predicted octanol–water partition coefficient (Wildman–Crippen LogP) is 0.647. The minimum atomic E-state index is 0.961. The third-order valence-corrected chi connectivity index (χ3v) is 1.30. The van der Waals surface area contributed by atoms with E-state index in [1.807, 2.05) is 44.4 Å². The summed E-state index contributed by atoms with van der Waals surface area (Å²) in [5.74, 6) is 0.961. The Morgan fingerprint density at radius 3 is 1.90 bits per heavy atom. The molecule has 0 aromatic carbocycles. The fourth-order valence-electron chi connectivity index (χ4n) is 0.789. The number of guanidine groups is 1. The van der Waals surface area contributed by atoms with Gasteiger partial charge in [0.15, 0.2) is 5.96 Å². The van der Waals surface area contributed by atoms with Crippen molar-refractivity contribution in [2.45, 2.75) is 6.92 Å². The van der Waals surface area contributed by atoms with E-state index in [4.69, 9.17) is 0 Å². The molecule has 0 fully saturated rings. The van der Waals surface area contributed by atoms with E-state index in [0.717, 1.165) is 5.96 Å². The summed E-state index contributed by atoms with van der Waals surface area (Å²) in [4.78, 5) is 8.04. The molecule has 0 saturated carbocycles. The Bertz CT molecular complexity index is 118. The van der Waals surface area contributed by atoms with Crippen LogP contribution in [0.15, 0.2) is 4.99 Å². The summed E-state index contributed by atoms with van der Waals surface area (Å²) in [5.41, 5.74) is 0. The molecular formula is C7H16N3. The molecule has 59 valence electrons.